The van der Waals surface area contributed by atoms with Crippen molar-refractivity contribution in [2.45, 2.75) is 31.6 Å². The quantitative estimate of drug-likeness (QED) is 0.684. The molecule has 6 heteroatoms. The van der Waals surface area contributed by atoms with Crippen LogP contribution in [0.4, 0.5) is 0 Å². The molecule has 0 atom stereocenters. The van der Waals surface area contributed by atoms with Crippen molar-refractivity contribution in [2.75, 3.05) is 13.1 Å². The Morgan fingerprint density at radius 1 is 0.897 bits per heavy atom. The Morgan fingerprint density at radius 3 is 2.38 bits per heavy atom. The van der Waals surface area contributed by atoms with Gasteiger partial charge in [0.2, 0.25) is 5.91 Å². The van der Waals surface area contributed by atoms with Crippen LogP contribution in [-0.4, -0.2) is 43.8 Å². The predicted molar refractivity (Wildman–Crippen MR) is 110 cm³/mol. The topological polar surface area (TPSA) is 71.9 Å². The molecule has 0 radical (unpaired) electrons. The zero-order valence-corrected chi connectivity index (χ0v) is 16.2. The zero-order valence-electron chi connectivity index (χ0n) is 16.2. The van der Waals surface area contributed by atoms with Crippen LogP contribution in [0.1, 0.15) is 37.3 Å². The van der Waals surface area contributed by atoms with Crippen molar-refractivity contribution in [3.8, 4) is 22.5 Å². The van der Waals surface area contributed by atoms with Crippen molar-refractivity contribution >= 4 is 5.91 Å². The summed E-state index contributed by atoms with van der Waals surface area (Å²) < 4.78 is 0. The number of hydrogen-bond donors (Lipinski definition) is 0. The van der Waals surface area contributed by atoms with E-state index in [1.54, 1.807) is 24.8 Å². The van der Waals surface area contributed by atoms with Crippen molar-refractivity contribution in [2.24, 2.45) is 5.92 Å². The zero-order chi connectivity index (χ0) is 19.6. The lowest BCUT2D eigenvalue weighted by atomic mass is 9.88. The SMILES string of the molecule is O=C(C1CC1)N1CCC(c2nc(-c3cccnc3)ncc2-c2ccncc2)CC1. The van der Waals surface area contributed by atoms with Crippen molar-refractivity contribution in [3.05, 3.63) is 60.9 Å². The maximum absolute atomic E-state index is 12.4. The van der Waals surface area contributed by atoms with Gasteiger partial charge in [0.15, 0.2) is 5.82 Å². The number of carbonyl (C=O) groups is 1. The fraction of sp³-hybridized carbons (Fsp3) is 0.348. The van der Waals surface area contributed by atoms with E-state index in [1.165, 1.54) is 0 Å². The molecule has 5 rings (SSSR count). The third-order valence-corrected chi connectivity index (χ3v) is 5.85. The molecule has 1 amide bonds. The van der Waals surface area contributed by atoms with Gasteiger partial charge < -0.3 is 4.90 Å². The Morgan fingerprint density at radius 2 is 1.69 bits per heavy atom. The number of pyridine rings is 2. The van der Waals surface area contributed by atoms with Gasteiger partial charge in [0.25, 0.3) is 0 Å². The van der Waals surface area contributed by atoms with Crippen LogP contribution in [0, 0.1) is 5.92 Å². The number of nitrogens with zero attached hydrogens (tertiary/aromatic N) is 5. The summed E-state index contributed by atoms with van der Waals surface area (Å²) in [6, 6.07) is 7.88. The lowest BCUT2D eigenvalue weighted by molar-refractivity contribution is -0.133. The summed E-state index contributed by atoms with van der Waals surface area (Å²) in [6.07, 6.45) is 13.0. The summed E-state index contributed by atoms with van der Waals surface area (Å²) in [4.78, 5) is 32.4. The Labute approximate surface area is 170 Å². The number of aromatic nitrogens is 4. The Balaban J connectivity index is 1.47. The van der Waals surface area contributed by atoms with Crippen molar-refractivity contribution in [1.29, 1.82) is 0 Å². The second-order valence-electron chi connectivity index (χ2n) is 7.84. The highest BCUT2D eigenvalue weighted by Crippen LogP contribution is 2.37. The predicted octanol–water partition coefficient (Wildman–Crippen LogP) is 3.72. The van der Waals surface area contributed by atoms with Gasteiger partial charge in [-0.05, 0) is 55.5 Å². The van der Waals surface area contributed by atoms with E-state index >= 15 is 0 Å². The van der Waals surface area contributed by atoms with Crippen LogP contribution in [0.15, 0.2) is 55.2 Å². The summed E-state index contributed by atoms with van der Waals surface area (Å²) in [7, 11) is 0. The highest BCUT2D eigenvalue weighted by Gasteiger charge is 2.35. The Hall–Kier alpha value is -3.15. The fourth-order valence-electron chi connectivity index (χ4n) is 4.06. The normalized spacial score (nSPS) is 17.3. The molecule has 1 aliphatic carbocycles. The summed E-state index contributed by atoms with van der Waals surface area (Å²) >= 11 is 0. The molecule has 3 aromatic heterocycles. The molecule has 6 nitrogen and oxygen atoms in total. The van der Waals surface area contributed by atoms with E-state index in [2.05, 4.69) is 15.0 Å². The highest BCUT2D eigenvalue weighted by atomic mass is 16.2. The average Bonchev–Trinajstić information content (AvgIpc) is 3.65. The van der Waals surface area contributed by atoms with Gasteiger partial charge >= 0.3 is 0 Å². The minimum Gasteiger partial charge on any atom is -0.342 e. The van der Waals surface area contributed by atoms with E-state index in [9.17, 15) is 4.79 Å². The van der Waals surface area contributed by atoms with Crippen LogP contribution >= 0.6 is 0 Å². The van der Waals surface area contributed by atoms with E-state index in [0.29, 0.717) is 17.6 Å². The van der Waals surface area contributed by atoms with Gasteiger partial charge in [-0.2, -0.15) is 0 Å². The minimum absolute atomic E-state index is 0.287. The van der Waals surface area contributed by atoms with Crippen LogP contribution in [0.3, 0.4) is 0 Å². The average molecular weight is 385 g/mol. The summed E-state index contributed by atoms with van der Waals surface area (Å²) in [5.74, 6) is 1.63. The van der Waals surface area contributed by atoms with Crippen molar-refractivity contribution in [1.82, 2.24) is 24.8 Å². The molecule has 0 bridgehead atoms. The van der Waals surface area contributed by atoms with Gasteiger partial charge in [-0.3, -0.25) is 14.8 Å². The minimum atomic E-state index is 0.287. The maximum atomic E-state index is 12.4. The number of carbonyl (C=O) groups excluding carboxylic acids is 1. The lowest BCUT2D eigenvalue weighted by Gasteiger charge is -2.32. The number of hydrogen-bond acceptors (Lipinski definition) is 5. The molecule has 1 saturated carbocycles. The van der Waals surface area contributed by atoms with Gasteiger partial charge in [0.05, 0.1) is 5.69 Å². The summed E-state index contributed by atoms with van der Waals surface area (Å²) in [5.41, 5.74) is 4.09. The molecule has 1 saturated heterocycles. The van der Waals surface area contributed by atoms with E-state index < -0.39 is 0 Å². The van der Waals surface area contributed by atoms with E-state index in [-0.39, 0.29) is 5.92 Å². The molecule has 0 aromatic carbocycles. The van der Waals surface area contributed by atoms with Crippen LogP contribution in [-0.2, 0) is 4.79 Å². The van der Waals surface area contributed by atoms with Gasteiger partial charge in [0.1, 0.15) is 0 Å². The van der Waals surface area contributed by atoms with Gasteiger partial charge in [-0.1, -0.05) is 0 Å². The van der Waals surface area contributed by atoms with E-state index in [4.69, 9.17) is 4.98 Å². The van der Waals surface area contributed by atoms with Gasteiger partial charge in [-0.15, -0.1) is 0 Å². The van der Waals surface area contributed by atoms with Crippen molar-refractivity contribution in [3.63, 3.8) is 0 Å². The van der Waals surface area contributed by atoms with Crippen LogP contribution in [0.25, 0.3) is 22.5 Å². The monoisotopic (exact) mass is 385 g/mol. The first kappa shape index (κ1) is 17.9. The maximum Gasteiger partial charge on any atom is 0.225 e. The molecule has 0 N–H and O–H groups in total. The first-order chi connectivity index (χ1) is 14.3. The first-order valence-corrected chi connectivity index (χ1v) is 10.3. The second kappa shape index (κ2) is 7.70. The fourth-order valence-corrected chi connectivity index (χ4v) is 4.06. The third-order valence-electron chi connectivity index (χ3n) is 5.85. The molecule has 146 valence electrons. The summed E-state index contributed by atoms with van der Waals surface area (Å²) in [5, 5.41) is 0. The molecule has 0 spiro atoms. The molecule has 1 aliphatic heterocycles. The Bertz CT molecular complexity index is 996. The molecular formula is C23H23N5O. The number of piperidine rings is 1. The highest BCUT2D eigenvalue weighted by molar-refractivity contribution is 5.81. The molecule has 2 aliphatic rings. The second-order valence-corrected chi connectivity index (χ2v) is 7.84. The van der Waals surface area contributed by atoms with Crippen molar-refractivity contribution < 1.29 is 4.79 Å². The summed E-state index contributed by atoms with van der Waals surface area (Å²) in [6.45, 7) is 1.62. The molecular weight excluding hydrogens is 362 g/mol. The van der Waals surface area contributed by atoms with Crippen LogP contribution < -0.4 is 0 Å². The van der Waals surface area contributed by atoms with Crippen LogP contribution in [0.2, 0.25) is 0 Å². The Kier molecular flexibility index (Phi) is 4.76. The number of rotatable bonds is 4. The largest absolute Gasteiger partial charge is 0.342 e. The van der Waals surface area contributed by atoms with E-state index in [1.807, 2.05) is 35.4 Å². The first-order valence-electron chi connectivity index (χ1n) is 10.3. The van der Waals surface area contributed by atoms with Gasteiger partial charge in [0, 0.05) is 67.0 Å². The molecule has 29 heavy (non-hydrogen) atoms. The smallest absolute Gasteiger partial charge is 0.225 e. The number of likely N-dealkylation sites (tertiary alicyclic amines) is 1. The molecule has 2 fully saturated rings. The molecule has 0 unspecified atom stereocenters. The standard InChI is InChI=1S/C23H23N5O/c29-23(18-3-4-18)28-12-7-17(8-13-28)21-20(16-5-10-24-11-6-16)15-26-22(27-21)19-2-1-9-25-14-19/h1-2,5-6,9-11,14-15,17-18H,3-4,7-8,12-13H2. The number of amides is 1. The lowest BCUT2D eigenvalue weighted by Crippen LogP contribution is -2.39. The third kappa shape index (κ3) is 3.75. The molecule has 4 heterocycles. The van der Waals surface area contributed by atoms with Gasteiger partial charge in [-0.25, -0.2) is 9.97 Å². The molecule has 3 aromatic rings. The van der Waals surface area contributed by atoms with E-state index in [0.717, 1.165) is 61.2 Å². The van der Waals surface area contributed by atoms with Crippen LogP contribution in [0.5, 0.6) is 0 Å².